The number of sulfonamides is 1. The highest BCUT2D eigenvalue weighted by molar-refractivity contribution is 7.89. The van der Waals surface area contributed by atoms with Crippen LogP contribution in [-0.4, -0.2) is 32.7 Å². The number of hydrogen-bond acceptors (Lipinski definition) is 3. The third-order valence-corrected chi connectivity index (χ3v) is 5.84. The van der Waals surface area contributed by atoms with E-state index >= 15 is 0 Å². The van der Waals surface area contributed by atoms with Crippen molar-refractivity contribution in [2.24, 2.45) is 5.92 Å². The van der Waals surface area contributed by atoms with Crippen LogP contribution in [0.15, 0.2) is 59.5 Å². The van der Waals surface area contributed by atoms with Crippen molar-refractivity contribution in [3.63, 3.8) is 0 Å². The van der Waals surface area contributed by atoms with Crippen molar-refractivity contribution in [3.05, 3.63) is 65.7 Å². The van der Waals surface area contributed by atoms with Crippen LogP contribution in [0.5, 0.6) is 0 Å². The van der Waals surface area contributed by atoms with Gasteiger partial charge in [-0.2, -0.15) is 0 Å². The zero-order chi connectivity index (χ0) is 18.6. The molecule has 1 atom stereocenters. The van der Waals surface area contributed by atoms with Crippen LogP contribution in [0.25, 0.3) is 0 Å². The molecule has 1 amide bonds. The molecule has 0 aliphatic heterocycles. The zero-order valence-corrected chi connectivity index (χ0v) is 15.7. The Morgan fingerprint density at radius 1 is 0.960 bits per heavy atom. The molecule has 0 saturated carbocycles. The predicted molar refractivity (Wildman–Crippen MR) is 98.8 cm³/mol. The van der Waals surface area contributed by atoms with Gasteiger partial charge in [0.05, 0.1) is 10.9 Å². The maximum atomic E-state index is 12.6. The number of benzene rings is 2. The van der Waals surface area contributed by atoms with Crippen LogP contribution >= 0.6 is 0 Å². The molecule has 1 N–H and O–H groups in total. The van der Waals surface area contributed by atoms with Gasteiger partial charge in [-0.15, -0.1) is 0 Å². The minimum absolute atomic E-state index is 0.112. The van der Waals surface area contributed by atoms with Gasteiger partial charge in [-0.25, -0.2) is 12.7 Å². The lowest BCUT2D eigenvalue weighted by atomic mass is 9.95. The lowest BCUT2D eigenvalue weighted by molar-refractivity contribution is 0.0925. The summed E-state index contributed by atoms with van der Waals surface area (Å²) in [6.45, 7) is 4.09. The quantitative estimate of drug-likeness (QED) is 0.861. The topological polar surface area (TPSA) is 66.5 Å². The predicted octanol–water partition coefficient (Wildman–Crippen LogP) is 3.06. The molecule has 0 radical (unpaired) electrons. The van der Waals surface area contributed by atoms with Gasteiger partial charge in [-0.3, -0.25) is 4.79 Å². The molecule has 2 rings (SSSR count). The summed E-state index contributed by atoms with van der Waals surface area (Å²) in [6, 6.07) is 15.7. The second kappa shape index (κ2) is 7.80. The normalized spacial score (nSPS) is 13.0. The summed E-state index contributed by atoms with van der Waals surface area (Å²) < 4.78 is 25.3. The third kappa shape index (κ3) is 4.46. The lowest BCUT2D eigenvalue weighted by Gasteiger charge is -2.23. The van der Waals surface area contributed by atoms with Crippen LogP contribution < -0.4 is 5.32 Å². The molecule has 2 aromatic carbocycles. The van der Waals surface area contributed by atoms with Gasteiger partial charge in [0.25, 0.3) is 5.91 Å². The van der Waals surface area contributed by atoms with E-state index in [-0.39, 0.29) is 22.8 Å². The Morgan fingerprint density at radius 2 is 1.52 bits per heavy atom. The highest BCUT2D eigenvalue weighted by atomic mass is 32.2. The maximum Gasteiger partial charge on any atom is 0.251 e. The van der Waals surface area contributed by atoms with Gasteiger partial charge in [-0.05, 0) is 35.7 Å². The van der Waals surface area contributed by atoms with Gasteiger partial charge in [0, 0.05) is 19.7 Å². The first kappa shape index (κ1) is 19.1. The van der Waals surface area contributed by atoms with Gasteiger partial charge in [0.2, 0.25) is 10.0 Å². The van der Waals surface area contributed by atoms with Crippen molar-refractivity contribution in [1.29, 1.82) is 0 Å². The number of hydrogen-bond donors (Lipinski definition) is 1. The highest BCUT2D eigenvalue weighted by Gasteiger charge is 2.20. The maximum absolute atomic E-state index is 12.6. The standard InChI is InChI=1S/C19H24N2O3S/c1-14(2)18(15-8-6-5-7-9-15)20-19(22)16-10-12-17(13-11-16)25(23,24)21(3)4/h5-14,18H,1-4H3,(H,20,22)/t18-/m0/s1. The van der Waals surface area contributed by atoms with E-state index in [1.165, 1.54) is 38.4 Å². The summed E-state index contributed by atoms with van der Waals surface area (Å²) in [5, 5.41) is 3.03. The fourth-order valence-corrected chi connectivity index (χ4v) is 3.41. The average molecular weight is 360 g/mol. The average Bonchev–Trinajstić information content (AvgIpc) is 2.59. The Balaban J connectivity index is 2.20. The summed E-state index contributed by atoms with van der Waals surface area (Å²) in [4.78, 5) is 12.7. The van der Waals surface area contributed by atoms with Crippen molar-refractivity contribution in [1.82, 2.24) is 9.62 Å². The number of nitrogens with one attached hydrogen (secondary N) is 1. The largest absolute Gasteiger partial charge is 0.345 e. The van der Waals surface area contributed by atoms with E-state index in [9.17, 15) is 13.2 Å². The van der Waals surface area contributed by atoms with Crippen molar-refractivity contribution in [2.45, 2.75) is 24.8 Å². The Labute approximate surface area is 149 Å². The molecule has 0 aliphatic rings. The minimum atomic E-state index is -3.50. The molecule has 0 saturated heterocycles. The molecule has 134 valence electrons. The van der Waals surface area contributed by atoms with Gasteiger partial charge in [0.1, 0.15) is 0 Å². The second-order valence-corrected chi connectivity index (χ2v) is 8.57. The molecule has 0 aliphatic carbocycles. The van der Waals surface area contributed by atoms with E-state index < -0.39 is 10.0 Å². The molecule has 5 nitrogen and oxygen atoms in total. The Hall–Kier alpha value is -2.18. The first-order valence-corrected chi connectivity index (χ1v) is 9.56. The van der Waals surface area contributed by atoms with Crippen molar-refractivity contribution < 1.29 is 13.2 Å². The summed E-state index contributed by atoms with van der Waals surface area (Å²) >= 11 is 0. The Morgan fingerprint density at radius 3 is 2.00 bits per heavy atom. The highest BCUT2D eigenvalue weighted by Crippen LogP contribution is 2.22. The second-order valence-electron chi connectivity index (χ2n) is 6.42. The molecule has 25 heavy (non-hydrogen) atoms. The first-order valence-electron chi connectivity index (χ1n) is 8.12. The zero-order valence-electron chi connectivity index (χ0n) is 14.9. The first-order chi connectivity index (χ1) is 11.7. The summed E-state index contributed by atoms with van der Waals surface area (Å²) in [5.74, 6) is -0.00361. The molecule has 2 aromatic rings. The molecule has 0 spiro atoms. The monoisotopic (exact) mass is 360 g/mol. The summed E-state index contributed by atoms with van der Waals surface area (Å²) in [7, 11) is -0.547. The Kier molecular flexibility index (Phi) is 5.98. The molecule has 0 bridgehead atoms. The molecule has 0 aromatic heterocycles. The number of nitrogens with zero attached hydrogens (tertiary/aromatic N) is 1. The molecule has 0 heterocycles. The summed E-state index contributed by atoms with van der Waals surface area (Å²) in [6.07, 6.45) is 0. The van der Waals surface area contributed by atoms with E-state index in [0.29, 0.717) is 5.56 Å². The fourth-order valence-electron chi connectivity index (χ4n) is 2.51. The van der Waals surface area contributed by atoms with Crippen LogP contribution in [0.3, 0.4) is 0 Å². The Bertz CT molecular complexity index is 814. The molecular formula is C19H24N2O3S. The molecular weight excluding hydrogens is 336 g/mol. The van der Waals surface area contributed by atoms with E-state index in [4.69, 9.17) is 0 Å². The van der Waals surface area contributed by atoms with Crippen LogP contribution in [-0.2, 0) is 10.0 Å². The number of carbonyl (C=O) groups excluding carboxylic acids is 1. The number of carbonyl (C=O) groups is 1. The fraction of sp³-hybridized carbons (Fsp3) is 0.316. The van der Waals surface area contributed by atoms with Crippen LogP contribution in [0.2, 0.25) is 0 Å². The van der Waals surface area contributed by atoms with Gasteiger partial charge in [-0.1, -0.05) is 44.2 Å². The third-order valence-electron chi connectivity index (χ3n) is 4.01. The summed E-state index contributed by atoms with van der Waals surface area (Å²) in [5.41, 5.74) is 1.47. The van der Waals surface area contributed by atoms with Crippen molar-refractivity contribution in [3.8, 4) is 0 Å². The van der Waals surface area contributed by atoms with E-state index in [1.54, 1.807) is 0 Å². The minimum Gasteiger partial charge on any atom is -0.345 e. The SMILES string of the molecule is CC(C)[C@H](NC(=O)c1ccc(S(=O)(=O)N(C)C)cc1)c1ccccc1. The van der Waals surface area contributed by atoms with Gasteiger partial charge >= 0.3 is 0 Å². The van der Waals surface area contributed by atoms with E-state index in [0.717, 1.165) is 9.87 Å². The van der Waals surface area contributed by atoms with Crippen molar-refractivity contribution >= 4 is 15.9 Å². The molecule has 6 heteroatoms. The van der Waals surface area contributed by atoms with E-state index in [1.807, 2.05) is 44.2 Å². The van der Waals surface area contributed by atoms with Crippen LogP contribution in [0.1, 0.15) is 35.8 Å². The molecule has 0 fully saturated rings. The van der Waals surface area contributed by atoms with Gasteiger partial charge < -0.3 is 5.32 Å². The van der Waals surface area contributed by atoms with E-state index in [2.05, 4.69) is 5.32 Å². The van der Waals surface area contributed by atoms with Crippen molar-refractivity contribution in [2.75, 3.05) is 14.1 Å². The van der Waals surface area contributed by atoms with Crippen LogP contribution in [0.4, 0.5) is 0 Å². The molecule has 0 unspecified atom stereocenters. The van der Waals surface area contributed by atoms with Crippen LogP contribution in [0, 0.1) is 5.92 Å². The smallest absolute Gasteiger partial charge is 0.251 e. The number of amides is 1. The lowest BCUT2D eigenvalue weighted by Crippen LogP contribution is -2.31. The number of rotatable bonds is 6. The van der Waals surface area contributed by atoms with Gasteiger partial charge in [0.15, 0.2) is 0 Å².